The van der Waals surface area contributed by atoms with Crippen LogP contribution in [0.4, 0.5) is 9.18 Å². The fraction of sp³-hybridized carbons (Fsp3) is 0.435. The molecule has 0 bridgehead atoms. The molecule has 2 amide bonds. The minimum atomic E-state index is -0.300. The highest BCUT2D eigenvalue weighted by molar-refractivity contribution is 5.74. The van der Waals surface area contributed by atoms with E-state index in [0.29, 0.717) is 6.54 Å². The third-order valence-corrected chi connectivity index (χ3v) is 5.42. The van der Waals surface area contributed by atoms with Crippen LogP contribution in [0.2, 0.25) is 0 Å². The maximum Gasteiger partial charge on any atom is 0.317 e. The number of aliphatic hydroxyl groups is 1. The number of likely N-dealkylation sites (tertiary alicyclic amines) is 1. The molecule has 156 valence electrons. The normalized spacial score (nSPS) is 15.2. The monoisotopic (exact) mass is 399 g/mol. The van der Waals surface area contributed by atoms with E-state index in [9.17, 15) is 14.3 Å². The van der Waals surface area contributed by atoms with Gasteiger partial charge in [0.05, 0.1) is 6.61 Å². The second-order valence-corrected chi connectivity index (χ2v) is 7.57. The Morgan fingerprint density at radius 3 is 2.41 bits per heavy atom. The summed E-state index contributed by atoms with van der Waals surface area (Å²) in [6.07, 6.45) is 2.88. The average Bonchev–Trinajstić information content (AvgIpc) is 2.75. The van der Waals surface area contributed by atoms with Gasteiger partial charge >= 0.3 is 6.03 Å². The Morgan fingerprint density at radius 2 is 1.76 bits per heavy atom. The van der Waals surface area contributed by atoms with E-state index in [1.54, 1.807) is 17.0 Å². The number of nitrogens with zero attached hydrogens (tertiary/aromatic N) is 2. The van der Waals surface area contributed by atoms with E-state index in [-0.39, 0.29) is 31.0 Å². The summed E-state index contributed by atoms with van der Waals surface area (Å²) in [6, 6.07) is 16.6. The van der Waals surface area contributed by atoms with E-state index in [4.69, 9.17) is 0 Å². The minimum absolute atomic E-state index is 0.105. The number of carbonyl (C=O) groups is 1. The number of aliphatic hydroxyl groups excluding tert-OH is 1. The zero-order chi connectivity index (χ0) is 20.5. The lowest BCUT2D eigenvalue weighted by Gasteiger charge is -2.33. The Kier molecular flexibility index (Phi) is 8.02. The number of hydrogen-bond donors (Lipinski definition) is 2. The van der Waals surface area contributed by atoms with Gasteiger partial charge in [0, 0.05) is 38.8 Å². The molecule has 0 atom stereocenters. The summed E-state index contributed by atoms with van der Waals surface area (Å²) in [5.74, 6) is -0.300. The van der Waals surface area contributed by atoms with Crippen molar-refractivity contribution in [2.24, 2.45) is 0 Å². The average molecular weight is 400 g/mol. The molecular formula is C23H30FN3O2. The smallest absolute Gasteiger partial charge is 0.317 e. The Labute approximate surface area is 172 Å². The Balaban J connectivity index is 1.43. The molecule has 6 heteroatoms. The molecule has 2 aromatic carbocycles. The molecule has 2 N–H and O–H groups in total. The Hall–Kier alpha value is -2.44. The predicted molar refractivity (Wildman–Crippen MR) is 112 cm³/mol. The van der Waals surface area contributed by atoms with E-state index in [1.165, 1.54) is 17.7 Å². The molecule has 1 aliphatic heterocycles. The van der Waals surface area contributed by atoms with Crippen molar-refractivity contribution in [1.82, 2.24) is 15.1 Å². The van der Waals surface area contributed by atoms with Crippen molar-refractivity contribution < 1.29 is 14.3 Å². The second-order valence-electron chi connectivity index (χ2n) is 7.57. The van der Waals surface area contributed by atoms with Gasteiger partial charge in [-0.2, -0.15) is 0 Å². The van der Waals surface area contributed by atoms with Gasteiger partial charge in [0.2, 0.25) is 0 Å². The maximum absolute atomic E-state index is 13.1. The number of nitrogens with one attached hydrogen (secondary N) is 1. The lowest BCUT2D eigenvalue weighted by atomic mass is 10.0. The predicted octanol–water partition coefficient (Wildman–Crippen LogP) is 3.04. The van der Waals surface area contributed by atoms with Crippen molar-refractivity contribution in [3.8, 4) is 0 Å². The summed E-state index contributed by atoms with van der Waals surface area (Å²) in [5, 5.41) is 12.4. The molecule has 3 rings (SSSR count). The molecule has 1 aliphatic rings. The lowest BCUT2D eigenvalue weighted by Crippen LogP contribution is -2.49. The van der Waals surface area contributed by atoms with Gasteiger partial charge in [-0.15, -0.1) is 0 Å². The van der Waals surface area contributed by atoms with Crippen LogP contribution in [-0.4, -0.2) is 59.8 Å². The molecule has 0 unspecified atom stereocenters. The van der Waals surface area contributed by atoms with Crippen molar-refractivity contribution in [1.29, 1.82) is 0 Å². The Bertz CT molecular complexity index is 746. The molecular weight excluding hydrogens is 369 g/mol. The number of carbonyl (C=O) groups excluding carboxylic acids is 1. The summed E-state index contributed by atoms with van der Waals surface area (Å²) < 4.78 is 13.1. The maximum atomic E-state index is 13.1. The standard InChI is InChI=1S/C23H30FN3O2/c24-21-8-6-20(7-9-21)18-27(16-17-28)23(29)25-22-11-14-26(15-12-22)13-10-19-4-2-1-3-5-19/h1-9,22,28H,10-18H2,(H,25,29). The molecule has 29 heavy (non-hydrogen) atoms. The number of rotatable bonds is 8. The fourth-order valence-electron chi connectivity index (χ4n) is 3.68. The van der Waals surface area contributed by atoms with Crippen molar-refractivity contribution in [3.63, 3.8) is 0 Å². The number of halogens is 1. The van der Waals surface area contributed by atoms with Gasteiger partial charge < -0.3 is 20.2 Å². The third kappa shape index (κ3) is 6.84. The molecule has 0 saturated carbocycles. The van der Waals surface area contributed by atoms with Crippen LogP contribution >= 0.6 is 0 Å². The second kappa shape index (κ2) is 10.9. The number of piperidine rings is 1. The highest BCUT2D eigenvalue weighted by atomic mass is 19.1. The molecule has 1 saturated heterocycles. The van der Waals surface area contributed by atoms with E-state index in [2.05, 4.69) is 34.5 Å². The topological polar surface area (TPSA) is 55.8 Å². The Morgan fingerprint density at radius 1 is 1.07 bits per heavy atom. The van der Waals surface area contributed by atoms with E-state index < -0.39 is 0 Å². The molecule has 1 fully saturated rings. The van der Waals surface area contributed by atoms with Crippen LogP contribution in [0.15, 0.2) is 54.6 Å². The van der Waals surface area contributed by atoms with Crippen molar-refractivity contribution in [2.45, 2.75) is 31.8 Å². The largest absolute Gasteiger partial charge is 0.395 e. The SMILES string of the molecule is O=C(NC1CCN(CCc2ccccc2)CC1)N(CCO)Cc1ccc(F)cc1. The molecule has 0 spiro atoms. The van der Waals surface area contributed by atoms with Crippen molar-refractivity contribution in [2.75, 3.05) is 32.8 Å². The third-order valence-electron chi connectivity index (χ3n) is 5.42. The minimum Gasteiger partial charge on any atom is -0.395 e. The number of benzene rings is 2. The van der Waals surface area contributed by atoms with Gasteiger partial charge in [-0.1, -0.05) is 42.5 Å². The van der Waals surface area contributed by atoms with Gasteiger partial charge in [0.1, 0.15) is 5.82 Å². The highest BCUT2D eigenvalue weighted by Crippen LogP contribution is 2.13. The first-order valence-corrected chi connectivity index (χ1v) is 10.3. The van der Waals surface area contributed by atoms with Crippen molar-refractivity contribution >= 4 is 6.03 Å². The van der Waals surface area contributed by atoms with Crippen LogP contribution in [0.1, 0.15) is 24.0 Å². The van der Waals surface area contributed by atoms with Crippen LogP contribution in [0.25, 0.3) is 0 Å². The number of urea groups is 1. The summed E-state index contributed by atoms with van der Waals surface area (Å²) in [7, 11) is 0. The molecule has 0 aromatic heterocycles. The molecule has 0 aliphatic carbocycles. The van der Waals surface area contributed by atoms with Crippen molar-refractivity contribution in [3.05, 3.63) is 71.5 Å². The van der Waals surface area contributed by atoms with Gasteiger partial charge in [-0.05, 0) is 42.5 Å². The number of hydrogen-bond acceptors (Lipinski definition) is 3. The van der Waals surface area contributed by atoms with E-state index in [0.717, 1.165) is 44.5 Å². The van der Waals surface area contributed by atoms with Crippen LogP contribution in [0.5, 0.6) is 0 Å². The van der Waals surface area contributed by atoms with Gasteiger partial charge in [-0.3, -0.25) is 0 Å². The zero-order valence-corrected chi connectivity index (χ0v) is 16.8. The lowest BCUT2D eigenvalue weighted by molar-refractivity contribution is 0.158. The summed E-state index contributed by atoms with van der Waals surface area (Å²) in [4.78, 5) is 16.7. The summed E-state index contributed by atoms with van der Waals surface area (Å²) >= 11 is 0. The first kappa shape index (κ1) is 21.3. The molecule has 1 heterocycles. The fourth-order valence-corrected chi connectivity index (χ4v) is 3.68. The molecule has 2 aromatic rings. The zero-order valence-electron chi connectivity index (χ0n) is 16.8. The first-order valence-electron chi connectivity index (χ1n) is 10.3. The highest BCUT2D eigenvalue weighted by Gasteiger charge is 2.23. The quantitative estimate of drug-likeness (QED) is 0.717. The molecule has 0 radical (unpaired) electrons. The van der Waals surface area contributed by atoms with Crippen LogP contribution in [0.3, 0.4) is 0 Å². The van der Waals surface area contributed by atoms with Gasteiger partial charge in [-0.25, -0.2) is 9.18 Å². The van der Waals surface area contributed by atoms with Gasteiger partial charge in [0.25, 0.3) is 0 Å². The van der Waals surface area contributed by atoms with Crippen LogP contribution in [0, 0.1) is 5.82 Å². The molecule has 5 nitrogen and oxygen atoms in total. The van der Waals surface area contributed by atoms with Crippen LogP contribution < -0.4 is 5.32 Å². The van der Waals surface area contributed by atoms with E-state index >= 15 is 0 Å². The number of amides is 2. The summed E-state index contributed by atoms with van der Waals surface area (Å²) in [6.45, 7) is 3.46. The van der Waals surface area contributed by atoms with E-state index in [1.807, 2.05) is 6.07 Å². The summed E-state index contributed by atoms with van der Waals surface area (Å²) in [5.41, 5.74) is 2.19. The first-order chi connectivity index (χ1) is 14.1. The van der Waals surface area contributed by atoms with Gasteiger partial charge in [0.15, 0.2) is 0 Å². The van der Waals surface area contributed by atoms with Crippen LogP contribution in [-0.2, 0) is 13.0 Å².